The van der Waals surface area contributed by atoms with Crippen LogP contribution in [0.3, 0.4) is 0 Å². The molecular formula is C47H66N6O4Y2-2. The summed E-state index contributed by atoms with van der Waals surface area (Å²) in [4.78, 5) is 57.0. The first-order valence-corrected chi connectivity index (χ1v) is 19.1. The minimum atomic E-state index is -0.328. The molecule has 1 unspecified atom stereocenters. The number of anilines is 4. The van der Waals surface area contributed by atoms with E-state index >= 15 is 0 Å². The van der Waals surface area contributed by atoms with E-state index in [1.165, 1.54) is 28.4 Å². The maximum Gasteiger partial charge on any atom is 0.258 e. The van der Waals surface area contributed by atoms with E-state index in [-0.39, 0.29) is 125 Å². The molecule has 0 aliphatic carbocycles. The molecule has 4 aliphatic heterocycles. The van der Waals surface area contributed by atoms with Gasteiger partial charge in [-0.05, 0) is 48.5 Å². The second-order valence-corrected chi connectivity index (χ2v) is 12.2. The molecule has 59 heavy (non-hydrogen) atoms. The fourth-order valence-electron chi connectivity index (χ4n) is 6.47. The molecule has 4 aromatic rings. The van der Waals surface area contributed by atoms with Crippen LogP contribution in [-0.2, 0) is 84.6 Å². The molecule has 0 bridgehead atoms. The molecule has 1 N–H and O–H groups in total. The molecule has 3 fully saturated rings. The molecule has 2 radical (unpaired) electrons. The van der Waals surface area contributed by atoms with E-state index in [2.05, 4.69) is 62.5 Å². The molecule has 12 heteroatoms. The first-order valence-electron chi connectivity index (χ1n) is 19.1. The Labute approximate surface area is 407 Å². The number of nitrogens with one attached hydrogen (secondary N) is 1. The summed E-state index contributed by atoms with van der Waals surface area (Å²) in [5, 5.41) is 3.34. The van der Waals surface area contributed by atoms with Crippen LogP contribution in [0.5, 0.6) is 0 Å². The number of hydrogen-bond donors (Lipinski definition) is 1. The number of carbonyl (C=O) groups excluding carboxylic acids is 4. The van der Waals surface area contributed by atoms with Crippen molar-refractivity contribution >= 4 is 46.4 Å². The van der Waals surface area contributed by atoms with Gasteiger partial charge in [0.05, 0.1) is 23.8 Å². The number of carbonyl (C=O) groups is 4. The smallest absolute Gasteiger partial charge is 0.258 e. The van der Waals surface area contributed by atoms with E-state index < -0.39 is 0 Å². The monoisotopic (exact) mass is 957 g/mol. The Balaban J connectivity index is -0.000000800. The third-order valence-electron chi connectivity index (χ3n) is 9.08. The van der Waals surface area contributed by atoms with Crippen molar-refractivity contribution in [1.29, 1.82) is 0 Å². The van der Waals surface area contributed by atoms with E-state index in [1.54, 1.807) is 24.3 Å². The first kappa shape index (κ1) is 57.7. The molecular weight excluding hydrogens is 890 g/mol. The summed E-state index contributed by atoms with van der Waals surface area (Å²) in [6, 6.07) is 38.6. The van der Waals surface area contributed by atoms with Gasteiger partial charge in [0.1, 0.15) is 0 Å². The van der Waals surface area contributed by atoms with E-state index in [4.69, 9.17) is 0 Å². The van der Waals surface area contributed by atoms with Crippen molar-refractivity contribution in [3.8, 4) is 0 Å². The van der Waals surface area contributed by atoms with Crippen molar-refractivity contribution in [1.82, 2.24) is 10.2 Å². The number of nitrogens with zero attached hydrogens (tertiary/aromatic N) is 5. The van der Waals surface area contributed by atoms with Crippen molar-refractivity contribution in [3.05, 3.63) is 148 Å². The zero-order chi connectivity index (χ0) is 38.7. The Bertz CT molecular complexity index is 1760. The van der Waals surface area contributed by atoms with Gasteiger partial charge in [0.15, 0.2) is 0 Å². The van der Waals surface area contributed by atoms with E-state index in [9.17, 15) is 19.2 Å². The number of piperazine rings is 2. The van der Waals surface area contributed by atoms with Gasteiger partial charge in [0, 0.05) is 143 Å². The normalized spacial score (nSPS) is 16.5. The van der Waals surface area contributed by atoms with Crippen LogP contribution in [0.4, 0.5) is 22.7 Å². The maximum absolute atomic E-state index is 12.8. The van der Waals surface area contributed by atoms with E-state index in [0.717, 1.165) is 57.3 Å². The van der Waals surface area contributed by atoms with Crippen LogP contribution in [-0.4, -0.2) is 86.9 Å². The number of benzene rings is 4. The summed E-state index contributed by atoms with van der Waals surface area (Å²) in [6.07, 6.45) is 2.82. The molecule has 316 valence electrons. The molecule has 8 rings (SSSR count). The summed E-state index contributed by atoms with van der Waals surface area (Å²) in [6.45, 7) is 15.8. The standard InChI is InChI=1S/C20H21N3O2.C10H14N2.C10H7NO2.2C2H6.CH4.2CH3.2Y.H2/c24-19-15-18(20(25)23(19)17-9-5-2-6-10-17)22-13-11-21(12-14-22)16-7-3-1-4-8-16;1-2-4-10(5-3-1)12-8-6-11-7-9-12;12-9-6-7-10(13)11(9)8-4-2-1-3-5-8;2*1-2;;;;;;/h1-10,18H,11-15H2;1-5,11H,6-9H2;1-7H;2*1-2H3;1H4;2*1H3;;;1H/q;;;;;;2*-1;;;/i;;;;;;;;;;1+1. The largest absolute Gasteiger partial charge is 0.369 e. The third kappa shape index (κ3) is 16.5. The van der Waals surface area contributed by atoms with Crippen LogP contribution in [0, 0.1) is 14.9 Å². The van der Waals surface area contributed by atoms with Crippen molar-refractivity contribution in [2.75, 3.05) is 72.0 Å². The molecule has 4 aromatic carbocycles. The first-order chi connectivity index (χ1) is 26.5. The Kier molecular flexibility index (Phi) is 30.8. The Morgan fingerprint density at radius 3 is 1.22 bits per heavy atom. The van der Waals surface area contributed by atoms with Gasteiger partial charge >= 0.3 is 0 Å². The van der Waals surface area contributed by atoms with Crippen molar-refractivity contribution in [3.63, 3.8) is 0 Å². The number of rotatable bonds is 5. The molecule has 4 aliphatic rings. The van der Waals surface area contributed by atoms with Gasteiger partial charge in [0.2, 0.25) is 5.91 Å². The number of imide groups is 2. The van der Waals surface area contributed by atoms with E-state index in [0.29, 0.717) is 11.4 Å². The SMILES string of the molecule is C.CC.CC.O=C1C=CC(=O)N1c1ccccc1.O=C1CC(N2CCN(c3ccccc3)CC2)C(=O)N1c1ccccc1.[2HH].[CH3-].[CH3-].[Y].[Y].c1ccc(N2CCNCC2)cc1. The van der Waals surface area contributed by atoms with Crippen LogP contribution in [0.1, 0.15) is 43.0 Å². The predicted molar refractivity (Wildman–Crippen MR) is 242 cm³/mol. The zero-order valence-electron chi connectivity index (χ0n) is 35.2. The topological polar surface area (TPSA) is 96.5 Å². The summed E-state index contributed by atoms with van der Waals surface area (Å²) in [5.41, 5.74) is 3.84. The number of hydrogen-bond acceptors (Lipinski definition) is 8. The summed E-state index contributed by atoms with van der Waals surface area (Å²) in [7, 11) is 0. The van der Waals surface area contributed by atoms with Gasteiger partial charge in [-0.25, -0.2) is 9.80 Å². The zero-order valence-corrected chi connectivity index (χ0v) is 40.8. The molecule has 4 amide bonds. The van der Waals surface area contributed by atoms with Gasteiger partial charge < -0.3 is 30.0 Å². The molecule has 0 spiro atoms. The Hall–Kier alpha value is -3.37. The summed E-state index contributed by atoms with van der Waals surface area (Å²) < 4.78 is 0. The average molecular weight is 958 g/mol. The van der Waals surface area contributed by atoms with Gasteiger partial charge in [-0.15, -0.1) is 0 Å². The van der Waals surface area contributed by atoms with Crippen LogP contribution in [0.25, 0.3) is 0 Å². The van der Waals surface area contributed by atoms with Crippen LogP contribution in [0.15, 0.2) is 133 Å². The molecule has 0 saturated carbocycles. The number of amides is 4. The van der Waals surface area contributed by atoms with Crippen LogP contribution in [0.2, 0.25) is 0 Å². The quantitative estimate of drug-likeness (QED) is 0.158. The maximum atomic E-state index is 12.8. The van der Waals surface area contributed by atoms with Crippen molar-refractivity contribution in [2.45, 2.75) is 47.6 Å². The molecule has 3 saturated heterocycles. The predicted octanol–water partition coefficient (Wildman–Crippen LogP) is 8.18. The number of para-hydroxylation sites is 4. The fraction of sp³-hybridized carbons (Fsp3) is 0.319. The molecule has 10 nitrogen and oxygen atoms in total. The average Bonchev–Trinajstić information content (AvgIpc) is 3.76. The van der Waals surface area contributed by atoms with Gasteiger partial charge in [0.25, 0.3) is 17.7 Å². The van der Waals surface area contributed by atoms with Crippen molar-refractivity contribution in [2.24, 2.45) is 0 Å². The Morgan fingerprint density at radius 1 is 0.492 bits per heavy atom. The third-order valence-corrected chi connectivity index (χ3v) is 9.08. The van der Waals surface area contributed by atoms with E-state index in [1.807, 2.05) is 82.3 Å². The summed E-state index contributed by atoms with van der Waals surface area (Å²) >= 11 is 0. The van der Waals surface area contributed by atoms with Gasteiger partial charge in [-0.3, -0.25) is 24.1 Å². The van der Waals surface area contributed by atoms with Crippen molar-refractivity contribution < 1.29 is 86.0 Å². The minimum Gasteiger partial charge on any atom is -0.369 e. The molecule has 1 atom stereocenters. The molecule has 0 aromatic heterocycles. The fourth-order valence-corrected chi connectivity index (χ4v) is 6.47. The minimum absolute atomic E-state index is 0. The summed E-state index contributed by atoms with van der Waals surface area (Å²) in [5.74, 6) is -0.761. The second-order valence-electron chi connectivity index (χ2n) is 12.2. The van der Waals surface area contributed by atoms with Gasteiger partial charge in [-0.1, -0.05) is 108 Å². The molecule has 4 heterocycles. The van der Waals surface area contributed by atoms with Crippen LogP contribution >= 0.6 is 0 Å². The second kappa shape index (κ2) is 31.5. The Morgan fingerprint density at radius 2 is 0.831 bits per heavy atom. The van der Waals surface area contributed by atoms with Crippen LogP contribution < -0.4 is 24.9 Å². The van der Waals surface area contributed by atoms with Gasteiger partial charge in [-0.2, -0.15) is 0 Å².